The largest absolute Gasteiger partial charge is 0.495 e. The topological polar surface area (TPSA) is 43.6 Å². The molecule has 4 bridgehead atoms. The molecule has 132 valence electrons. The smallest absolute Gasteiger partial charge is 0.254 e. The fourth-order valence-corrected chi connectivity index (χ4v) is 7.05. The van der Waals surface area contributed by atoms with Gasteiger partial charge in [-0.2, -0.15) is 4.99 Å². The summed E-state index contributed by atoms with van der Waals surface area (Å²) in [5.74, 6) is 3.26. The first-order valence-electron chi connectivity index (χ1n) is 9.30. The Bertz CT molecular complexity index is 888. The molecular weight excluding hydrogens is 332 g/mol. The van der Waals surface area contributed by atoms with Crippen LogP contribution in [0.15, 0.2) is 23.2 Å². The molecule has 5 heteroatoms. The Morgan fingerprint density at radius 1 is 1.20 bits per heavy atom. The molecule has 1 amide bonds. The van der Waals surface area contributed by atoms with Crippen LogP contribution in [0.4, 0.5) is 0 Å². The molecule has 1 aromatic carbocycles. The summed E-state index contributed by atoms with van der Waals surface area (Å²) in [7, 11) is 3.66. The lowest BCUT2D eigenvalue weighted by molar-refractivity contribution is -0.142. The highest BCUT2D eigenvalue weighted by atomic mass is 32.1. The zero-order chi connectivity index (χ0) is 17.2. The summed E-state index contributed by atoms with van der Waals surface area (Å²) >= 11 is 1.58. The predicted molar refractivity (Wildman–Crippen MR) is 98.5 cm³/mol. The minimum Gasteiger partial charge on any atom is -0.495 e. The molecule has 0 spiro atoms. The van der Waals surface area contributed by atoms with Crippen molar-refractivity contribution in [2.75, 3.05) is 7.11 Å². The SMILES string of the molecule is COc1cccc2sc(=NC(=O)C34CC5CC(CC(C5)C3)C4)n(C)c12. The van der Waals surface area contributed by atoms with E-state index in [4.69, 9.17) is 4.74 Å². The van der Waals surface area contributed by atoms with Gasteiger partial charge >= 0.3 is 0 Å². The summed E-state index contributed by atoms with van der Waals surface area (Å²) in [6, 6.07) is 6.01. The molecule has 0 aliphatic heterocycles. The third kappa shape index (κ3) is 2.31. The normalized spacial score (nSPS) is 34.0. The number of para-hydroxylation sites is 1. The number of aryl methyl sites for hydroxylation is 1. The predicted octanol–water partition coefficient (Wildman–Crippen LogP) is 3.89. The lowest BCUT2D eigenvalue weighted by Gasteiger charge is -2.55. The summed E-state index contributed by atoms with van der Waals surface area (Å²) in [5.41, 5.74) is 0.856. The zero-order valence-corrected chi connectivity index (χ0v) is 15.6. The Labute approximate surface area is 151 Å². The van der Waals surface area contributed by atoms with E-state index in [9.17, 15) is 4.79 Å². The van der Waals surface area contributed by atoms with Crippen molar-refractivity contribution in [2.45, 2.75) is 38.5 Å². The van der Waals surface area contributed by atoms with Crippen LogP contribution in [-0.4, -0.2) is 17.6 Å². The van der Waals surface area contributed by atoms with Crippen molar-refractivity contribution in [3.8, 4) is 5.75 Å². The third-order valence-corrected chi connectivity index (χ3v) is 7.79. The van der Waals surface area contributed by atoms with Crippen LogP contribution in [-0.2, 0) is 11.8 Å². The molecule has 0 radical (unpaired) electrons. The van der Waals surface area contributed by atoms with Crippen LogP contribution in [0.5, 0.6) is 5.75 Å². The molecular formula is C20H24N2O2S. The maximum atomic E-state index is 13.2. The molecule has 0 unspecified atom stereocenters. The molecule has 25 heavy (non-hydrogen) atoms. The van der Waals surface area contributed by atoms with Gasteiger partial charge < -0.3 is 9.30 Å². The number of benzene rings is 1. The number of carbonyl (C=O) groups excluding carboxylic acids is 1. The monoisotopic (exact) mass is 356 g/mol. The van der Waals surface area contributed by atoms with E-state index in [1.54, 1.807) is 18.4 Å². The molecule has 0 atom stereocenters. The first-order valence-corrected chi connectivity index (χ1v) is 10.1. The number of ether oxygens (including phenoxy) is 1. The summed E-state index contributed by atoms with van der Waals surface area (Å²) in [6.45, 7) is 0. The highest BCUT2D eigenvalue weighted by Gasteiger charge is 2.54. The van der Waals surface area contributed by atoms with Crippen LogP contribution in [0.2, 0.25) is 0 Å². The molecule has 6 rings (SSSR count). The van der Waals surface area contributed by atoms with E-state index in [0.29, 0.717) is 0 Å². The Morgan fingerprint density at radius 2 is 1.84 bits per heavy atom. The zero-order valence-electron chi connectivity index (χ0n) is 14.8. The minimum atomic E-state index is -0.165. The second-order valence-electron chi connectivity index (χ2n) is 8.37. The molecule has 4 aliphatic carbocycles. The van der Waals surface area contributed by atoms with Crippen LogP contribution in [0, 0.1) is 23.2 Å². The standard InChI is InChI=1S/C20H24N2O2S/c1-22-17-15(24-2)4-3-5-16(17)25-19(22)21-18(23)20-9-12-6-13(10-20)8-14(7-12)11-20/h3-5,12-14H,6-11H2,1-2H3. The maximum Gasteiger partial charge on any atom is 0.254 e. The van der Waals surface area contributed by atoms with Gasteiger partial charge in [-0.25, -0.2) is 0 Å². The van der Waals surface area contributed by atoms with Gasteiger partial charge in [0, 0.05) is 7.05 Å². The molecule has 4 fully saturated rings. The van der Waals surface area contributed by atoms with Crippen LogP contribution >= 0.6 is 11.3 Å². The number of hydrogen-bond donors (Lipinski definition) is 0. The molecule has 1 heterocycles. The number of methoxy groups -OCH3 is 1. The Morgan fingerprint density at radius 3 is 2.44 bits per heavy atom. The summed E-state index contributed by atoms with van der Waals surface area (Å²) < 4.78 is 8.61. The number of carbonyl (C=O) groups is 1. The molecule has 4 saturated carbocycles. The molecule has 0 N–H and O–H groups in total. The molecule has 4 aliphatic rings. The molecule has 1 aromatic heterocycles. The highest BCUT2D eigenvalue weighted by Crippen LogP contribution is 2.60. The lowest BCUT2D eigenvalue weighted by Crippen LogP contribution is -2.49. The van der Waals surface area contributed by atoms with E-state index in [2.05, 4.69) is 11.1 Å². The van der Waals surface area contributed by atoms with Crippen molar-refractivity contribution in [3.63, 3.8) is 0 Å². The molecule has 4 nitrogen and oxygen atoms in total. The van der Waals surface area contributed by atoms with E-state index in [1.165, 1.54) is 19.3 Å². The number of nitrogens with zero attached hydrogens (tertiary/aromatic N) is 2. The van der Waals surface area contributed by atoms with Gasteiger partial charge in [-0.1, -0.05) is 17.4 Å². The van der Waals surface area contributed by atoms with Crippen molar-refractivity contribution in [1.82, 2.24) is 4.57 Å². The van der Waals surface area contributed by atoms with Crippen LogP contribution in [0.1, 0.15) is 38.5 Å². The van der Waals surface area contributed by atoms with Gasteiger partial charge in [0.05, 0.1) is 17.2 Å². The average molecular weight is 356 g/mol. The van der Waals surface area contributed by atoms with Gasteiger partial charge in [0.2, 0.25) is 0 Å². The number of rotatable bonds is 2. The Kier molecular flexibility index (Phi) is 3.40. The minimum absolute atomic E-state index is 0.132. The Hall–Kier alpha value is -1.62. The highest BCUT2D eigenvalue weighted by molar-refractivity contribution is 7.16. The summed E-state index contributed by atoms with van der Waals surface area (Å²) in [4.78, 5) is 18.7. The van der Waals surface area contributed by atoms with Crippen molar-refractivity contribution in [1.29, 1.82) is 0 Å². The van der Waals surface area contributed by atoms with Gasteiger partial charge in [0.15, 0.2) is 4.80 Å². The second-order valence-corrected chi connectivity index (χ2v) is 9.37. The van der Waals surface area contributed by atoms with E-state index >= 15 is 0 Å². The van der Waals surface area contributed by atoms with E-state index in [1.807, 2.05) is 23.7 Å². The van der Waals surface area contributed by atoms with E-state index in [-0.39, 0.29) is 11.3 Å². The van der Waals surface area contributed by atoms with Crippen molar-refractivity contribution < 1.29 is 9.53 Å². The van der Waals surface area contributed by atoms with Crippen molar-refractivity contribution >= 4 is 27.5 Å². The second kappa shape index (κ2) is 5.44. The fourth-order valence-electron chi connectivity index (χ4n) is 6.02. The first-order chi connectivity index (χ1) is 12.1. The number of amides is 1. The summed E-state index contributed by atoms with van der Waals surface area (Å²) in [6.07, 6.45) is 7.25. The first kappa shape index (κ1) is 15.6. The maximum absolute atomic E-state index is 13.2. The number of fused-ring (bicyclic) bond motifs is 1. The quantitative estimate of drug-likeness (QED) is 0.819. The van der Waals surface area contributed by atoms with Gasteiger partial charge in [-0.05, 0) is 68.4 Å². The third-order valence-electron chi connectivity index (χ3n) is 6.69. The van der Waals surface area contributed by atoms with Gasteiger partial charge in [0.1, 0.15) is 11.3 Å². The molecule has 0 saturated heterocycles. The van der Waals surface area contributed by atoms with Crippen LogP contribution in [0.25, 0.3) is 10.2 Å². The van der Waals surface area contributed by atoms with Crippen molar-refractivity contribution in [3.05, 3.63) is 23.0 Å². The number of hydrogen-bond acceptors (Lipinski definition) is 3. The lowest BCUT2D eigenvalue weighted by atomic mass is 9.49. The van der Waals surface area contributed by atoms with Crippen LogP contribution in [0.3, 0.4) is 0 Å². The van der Waals surface area contributed by atoms with E-state index < -0.39 is 0 Å². The molecule has 2 aromatic rings. The average Bonchev–Trinajstić information content (AvgIpc) is 2.90. The van der Waals surface area contributed by atoms with Gasteiger partial charge in [0.25, 0.3) is 5.91 Å². The van der Waals surface area contributed by atoms with Crippen LogP contribution < -0.4 is 9.54 Å². The Balaban J connectivity index is 1.57. The number of thiazole rings is 1. The number of aromatic nitrogens is 1. The van der Waals surface area contributed by atoms with E-state index in [0.717, 1.165) is 57.8 Å². The fraction of sp³-hybridized carbons (Fsp3) is 0.600. The summed E-state index contributed by atoms with van der Waals surface area (Å²) in [5, 5.41) is 0. The van der Waals surface area contributed by atoms with Gasteiger partial charge in [-0.15, -0.1) is 0 Å². The van der Waals surface area contributed by atoms with Gasteiger partial charge in [-0.3, -0.25) is 4.79 Å². The van der Waals surface area contributed by atoms with Crippen molar-refractivity contribution in [2.24, 2.45) is 35.2 Å².